The second-order valence-electron chi connectivity index (χ2n) is 11.3. The van der Waals surface area contributed by atoms with Gasteiger partial charge < -0.3 is 9.64 Å². The number of anilines is 1. The van der Waals surface area contributed by atoms with Gasteiger partial charge in [0.05, 0.1) is 27.7 Å². The number of rotatable bonds is 9. The molecule has 3 heterocycles. The Morgan fingerprint density at radius 1 is 0.980 bits per heavy atom. The third-order valence-electron chi connectivity index (χ3n) is 7.99. The smallest absolute Gasteiger partial charge is 0.226 e. The first-order valence-electron chi connectivity index (χ1n) is 17.1. The van der Waals surface area contributed by atoms with Crippen molar-refractivity contribution in [1.29, 1.82) is 0 Å². The molecule has 0 unspecified atom stereocenters. The number of thiophene rings is 1. The number of amides is 1. The van der Waals surface area contributed by atoms with Crippen LogP contribution in [0, 0.1) is 19.3 Å². The number of carbonyl (C=O) groups is 2. The molecule has 0 bridgehead atoms. The summed E-state index contributed by atoms with van der Waals surface area (Å²) >= 11 is 7.17. The van der Waals surface area contributed by atoms with E-state index in [4.69, 9.17) is 21.4 Å². The van der Waals surface area contributed by atoms with Crippen LogP contribution in [0.25, 0.3) is 16.9 Å². The van der Waals surface area contributed by atoms with Crippen molar-refractivity contribution in [1.82, 2.24) is 9.78 Å². The molecule has 262 valence electrons. The van der Waals surface area contributed by atoms with Crippen LogP contribution in [0.15, 0.2) is 91.1 Å². The SMILES string of the molecule is C#CC.CC.CCc1cn(-c2ccc(N3CCCCC3=O)cc2)nc1-c1ccccc1.COc1ccc(CCC(=O)c2ccc(Cl)s2)c(C)c1. The molecule has 2 aromatic heterocycles. The number of aromatic nitrogens is 2. The van der Waals surface area contributed by atoms with E-state index in [1.54, 1.807) is 26.2 Å². The molecule has 5 aromatic rings. The lowest BCUT2D eigenvalue weighted by Crippen LogP contribution is -2.35. The van der Waals surface area contributed by atoms with Gasteiger partial charge in [0, 0.05) is 36.8 Å². The number of hydrogen-bond acceptors (Lipinski definition) is 5. The minimum atomic E-state index is 0.145. The van der Waals surface area contributed by atoms with E-state index in [2.05, 4.69) is 37.6 Å². The predicted octanol–water partition coefficient (Wildman–Crippen LogP) is 10.8. The summed E-state index contributed by atoms with van der Waals surface area (Å²) in [5, 5.41) is 4.81. The summed E-state index contributed by atoms with van der Waals surface area (Å²) in [7, 11) is 1.65. The second-order valence-corrected chi connectivity index (χ2v) is 13.0. The Morgan fingerprint density at radius 3 is 2.24 bits per heavy atom. The molecule has 6 nitrogen and oxygen atoms in total. The van der Waals surface area contributed by atoms with Crippen LogP contribution in [-0.4, -0.2) is 35.1 Å². The number of aryl methyl sites for hydroxylation is 3. The third-order valence-corrected chi connectivity index (χ3v) is 9.26. The fourth-order valence-corrected chi connectivity index (χ4v) is 6.43. The van der Waals surface area contributed by atoms with Crippen molar-refractivity contribution in [3.63, 3.8) is 0 Å². The summed E-state index contributed by atoms with van der Waals surface area (Å²) in [6, 6.07) is 27.9. The topological polar surface area (TPSA) is 64.4 Å². The first-order chi connectivity index (χ1) is 24.3. The highest BCUT2D eigenvalue weighted by Crippen LogP contribution is 2.27. The van der Waals surface area contributed by atoms with Gasteiger partial charge in [0.2, 0.25) is 5.91 Å². The summed E-state index contributed by atoms with van der Waals surface area (Å²) in [4.78, 5) is 26.7. The van der Waals surface area contributed by atoms with Crippen LogP contribution < -0.4 is 9.64 Å². The van der Waals surface area contributed by atoms with Gasteiger partial charge >= 0.3 is 0 Å². The van der Waals surface area contributed by atoms with Crippen molar-refractivity contribution in [2.75, 3.05) is 18.6 Å². The number of carbonyl (C=O) groups excluding carboxylic acids is 2. The van der Waals surface area contributed by atoms with Crippen LogP contribution in [0.4, 0.5) is 5.69 Å². The third kappa shape index (κ3) is 11.2. The van der Waals surface area contributed by atoms with Gasteiger partial charge in [0.1, 0.15) is 5.75 Å². The molecule has 0 saturated carbocycles. The molecular formula is C42H48ClN3O3S. The van der Waals surface area contributed by atoms with Gasteiger partial charge in [-0.3, -0.25) is 9.59 Å². The molecule has 1 aliphatic rings. The molecule has 0 spiro atoms. The van der Waals surface area contributed by atoms with Gasteiger partial charge in [0.25, 0.3) is 0 Å². The van der Waals surface area contributed by atoms with E-state index in [1.807, 2.05) is 91.0 Å². The molecule has 0 radical (unpaired) electrons. The number of Topliss-reactive ketones (excluding diaryl/α,β-unsaturated/α-hetero) is 1. The number of nitrogens with zero attached hydrogens (tertiary/aromatic N) is 3. The summed E-state index contributed by atoms with van der Waals surface area (Å²) in [6.45, 7) is 10.7. The van der Waals surface area contributed by atoms with Gasteiger partial charge in [-0.2, -0.15) is 5.10 Å². The maximum atomic E-state index is 12.1. The van der Waals surface area contributed by atoms with Crippen molar-refractivity contribution in [3.05, 3.63) is 117 Å². The normalized spacial score (nSPS) is 11.9. The van der Waals surface area contributed by atoms with E-state index in [0.717, 1.165) is 71.1 Å². The van der Waals surface area contributed by atoms with Crippen LogP contribution in [0.5, 0.6) is 5.75 Å². The molecule has 1 aliphatic heterocycles. The lowest BCUT2D eigenvalue weighted by molar-refractivity contribution is -0.119. The average molecular weight is 710 g/mol. The van der Waals surface area contributed by atoms with Crippen LogP contribution in [0.1, 0.15) is 79.7 Å². The molecule has 0 atom stereocenters. The number of piperidine rings is 1. The van der Waals surface area contributed by atoms with Crippen molar-refractivity contribution in [2.24, 2.45) is 0 Å². The summed E-state index contributed by atoms with van der Waals surface area (Å²) in [5.41, 5.74) is 7.71. The van der Waals surface area contributed by atoms with Crippen LogP contribution >= 0.6 is 22.9 Å². The highest BCUT2D eigenvalue weighted by molar-refractivity contribution is 7.18. The summed E-state index contributed by atoms with van der Waals surface area (Å²) in [6.07, 6.45) is 11.6. The molecule has 1 fully saturated rings. The van der Waals surface area contributed by atoms with E-state index in [1.165, 1.54) is 22.5 Å². The first-order valence-corrected chi connectivity index (χ1v) is 18.3. The van der Waals surface area contributed by atoms with Gasteiger partial charge in [-0.25, -0.2) is 4.68 Å². The Hall–Kier alpha value is -4.64. The Kier molecular flexibility index (Phi) is 16.5. The van der Waals surface area contributed by atoms with E-state index < -0.39 is 0 Å². The fraction of sp³-hybridized carbons (Fsp3) is 0.310. The quantitative estimate of drug-likeness (QED) is 0.113. The lowest BCUT2D eigenvalue weighted by atomic mass is 10.0. The van der Waals surface area contributed by atoms with Crippen LogP contribution in [-0.2, 0) is 17.6 Å². The number of halogens is 1. The lowest BCUT2D eigenvalue weighted by Gasteiger charge is -2.26. The Labute approximate surface area is 307 Å². The van der Waals surface area contributed by atoms with E-state index in [-0.39, 0.29) is 11.7 Å². The maximum Gasteiger partial charge on any atom is 0.226 e. The monoisotopic (exact) mass is 709 g/mol. The zero-order valence-electron chi connectivity index (χ0n) is 30.0. The number of benzene rings is 3. The molecule has 8 heteroatoms. The highest BCUT2D eigenvalue weighted by Gasteiger charge is 2.19. The zero-order valence-corrected chi connectivity index (χ0v) is 31.6. The van der Waals surface area contributed by atoms with E-state index >= 15 is 0 Å². The minimum absolute atomic E-state index is 0.145. The standard InChI is InChI=1S/C22H23N3O.C15H15ClO2S.C3H4.C2H6/c1-2-17-16-25(23-22(17)18-8-4-3-5-9-18)20-13-11-19(12-14-20)24-15-7-6-10-21(24)26;1-10-9-12(18-2)5-3-11(10)4-6-13(17)14-7-8-15(16)19-14;1-3-2;1-2/h3-5,8-9,11-14,16H,2,6-7,10,15H2,1H3;3,5,7-9H,4,6H2,1-2H3;1H,2H3;1-2H3. The Balaban J connectivity index is 0.000000249. The van der Waals surface area contributed by atoms with Gasteiger partial charge in [-0.05, 0) is 105 Å². The van der Waals surface area contributed by atoms with E-state index in [9.17, 15) is 9.59 Å². The number of terminal acetylenes is 1. The van der Waals surface area contributed by atoms with Gasteiger partial charge in [0.15, 0.2) is 5.78 Å². The van der Waals surface area contributed by atoms with E-state index in [0.29, 0.717) is 17.2 Å². The minimum Gasteiger partial charge on any atom is -0.497 e. The second kappa shape index (κ2) is 20.8. The fourth-order valence-electron chi connectivity index (χ4n) is 5.42. The number of ketones is 1. The van der Waals surface area contributed by atoms with Crippen molar-refractivity contribution >= 4 is 40.3 Å². The summed E-state index contributed by atoms with van der Waals surface area (Å²) < 4.78 is 7.76. The molecule has 3 aromatic carbocycles. The maximum absolute atomic E-state index is 12.1. The molecule has 50 heavy (non-hydrogen) atoms. The molecule has 0 aliphatic carbocycles. The molecular weight excluding hydrogens is 662 g/mol. The van der Waals surface area contributed by atoms with Crippen LogP contribution in [0.3, 0.4) is 0 Å². The Morgan fingerprint density at radius 2 is 1.66 bits per heavy atom. The largest absolute Gasteiger partial charge is 0.497 e. The number of hydrogen-bond donors (Lipinski definition) is 0. The first kappa shape index (κ1) is 39.8. The Bertz CT molecular complexity index is 1840. The molecule has 1 saturated heterocycles. The molecule has 0 N–H and O–H groups in total. The highest BCUT2D eigenvalue weighted by atomic mass is 35.5. The molecule has 6 rings (SSSR count). The van der Waals surface area contributed by atoms with Gasteiger partial charge in [-0.15, -0.1) is 23.7 Å². The predicted molar refractivity (Wildman–Crippen MR) is 210 cm³/mol. The number of ether oxygens (including phenoxy) is 1. The zero-order chi connectivity index (χ0) is 36.5. The van der Waals surface area contributed by atoms with Crippen molar-refractivity contribution < 1.29 is 14.3 Å². The number of methoxy groups -OCH3 is 1. The average Bonchev–Trinajstić information content (AvgIpc) is 3.80. The van der Waals surface area contributed by atoms with Crippen molar-refractivity contribution in [2.45, 2.75) is 73.1 Å². The van der Waals surface area contributed by atoms with Crippen LogP contribution in [0.2, 0.25) is 4.34 Å². The van der Waals surface area contributed by atoms with Crippen molar-refractivity contribution in [3.8, 4) is 35.0 Å². The van der Waals surface area contributed by atoms with Gasteiger partial charge in [-0.1, -0.05) is 68.8 Å². The summed E-state index contributed by atoms with van der Waals surface area (Å²) in [5.74, 6) is 3.47. The molecule has 1 amide bonds.